The fraction of sp³-hybridized carbons (Fsp3) is 0.417. The maximum atomic E-state index is 13.6. The zero-order valence-electron chi connectivity index (χ0n) is 10.9. The molecule has 0 radical (unpaired) electrons. The van der Waals surface area contributed by atoms with Gasteiger partial charge in [0.1, 0.15) is 11.6 Å². The molecular weight excluding hydrogens is 252 g/mol. The molecule has 2 rings (SSSR count). The van der Waals surface area contributed by atoms with E-state index in [0.29, 0.717) is 5.82 Å². The van der Waals surface area contributed by atoms with Crippen LogP contribution in [0, 0.1) is 11.6 Å². The summed E-state index contributed by atoms with van der Waals surface area (Å²) in [4.78, 5) is 0. The SMILES string of the molecule is C[C@H](N[C@H](C)c1nnnn1C)c1c(F)cccc1F. The van der Waals surface area contributed by atoms with Crippen LogP contribution in [0.3, 0.4) is 0 Å². The van der Waals surface area contributed by atoms with E-state index < -0.39 is 17.7 Å². The number of hydrogen-bond acceptors (Lipinski definition) is 4. The van der Waals surface area contributed by atoms with E-state index in [1.807, 2.05) is 6.92 Å². The lowest BCUT2D eigenvalue weighted by atomic mass is 10.1. The molecule has 1 aromatic heterocycles. The highest BCUT2D eigenvalue weighted by Crippen LogP contribution is 2.22. The molecule has 0 aliphatic heterocycles. The minimum atomic E-state index is -0.566. The van der Waals surface area contributed by atoms with Gasteiger partial charge in [0.2, 0.25) is 0 Å². The van der Waals surface area contributed by atoms with Crippen LogP contribution in [-0.2, 0) is 7.05 Å². The van der Waals surface area contributed by atoms with Crippen LogP contribution in [0.15, 0.2) is 18.2 Å². The van der Waals surface area contributed by atoms with Crippen molar-refractivity contribution in [3.8, 4) is 0 Å². The molecule has 0 aliphatic rings. The molecule has 102 valence electrons. The average Bonchev–Trinajstić information content (AvgIpc) is 2.75. The van der Waals surface area contributed by atoms with Gasteiger partial charge in [-0.3, -0.25) is 0 Å². The molecule has 0 fully saturated rings. The summed E-state index contributed by atoms with van der Waals surface area (Å²) in [6.45, 7) is 3.53. The van der Waals surface area contributed by atoms with Crippen molar-refractivity contribution in [2.24, 2.45) is 7.05 Å². The van der Waals surface area contributed by atoms with Gasteiger partial charge in [-0.1, -0.05) is 6.07 Å². The molecule has 1 N–H and O–H groups in total. The van der Waals surface area contributed by atoms with Gasteiger partial charge >= 0.3 is 0 Å². The molecule has 0 bridgehead atoms. The molecule has 5 nitrogen and oxygen atoms in total. The third-order valence-corrected chi connectivity index (χ3v) is 2.97. The summed E-state index contributed by atoms with van der Waals surface area (Å²) in [6.07, 6.45) is 0. The van der Waals surface area contributed by atoms with Crippen molar-refractivity contribution in [3.05, 3.63) is 41.2 Å². The third kappa shape index (κ3) is 2.76. The highest BCUT2D eigenvalue weighted by atomic mass is 19.1. The normalized spacial score (nSPS) is 14.4. The minimum Gasteiger partial charge on any atom is -0.301 e. The zero-order chi connectivity index (χ0) is 14.0. The molecular formula is C12H15F2N5. The minimum absolute atomic E-state index is 0.0180. The van der Waals surface area contributed by atoms with Gasteiger partial charge in [-0.05, 0) is 36.4 Å². The predicted molar refractivity (Wildman–Crippen MR) is 65.1 cm³/mol. The number of benzene rings is 1. The summed E-state index contributed by atoms with van der Waals surface area (Å²) < 4.78 is 28.8. The van der Waals surface area contributed by atoms with Crippen LogP contribution in [0.25, 0.3) is 0 Å². The maximum absolute atomic E-state index is 13.6. The van der Waals surface area contributed by atoms with Crippen LogP contribution in [0.2, 0.25) is 0 Å². The van der Waals surface area contributed by atoms with Crippen LogP contribution in [0.5, 0.6) is 0 Å². The van der Waals surface area contributed by atoms with E-state index >= 15 is 0 Å². The highest BCUT2D eigenvalue weighted by molar-refractivity contribution is 5.23. The number of rotatable bonds is 4. The molecule has 7 heteroatoms. The van der Waals surface area contributed by atoms with Crippen molar-refractivity contribution < 1.29 is 8.78 Å². The van der Waals surface area contributed by atoms with Gasteiger partial charge in [-0.25, -0.2) is 13.5 Å². The summed E-state index contributed by atoms with van der Waals surface area (Å²) in [5, 5.41) is 14.2. The molecule has 0 aliphatic carbocycles. The molecule has 19 heavy (non-hydrogen) atoms. The summed E-state index contributed by atoms with van der Waals surface area (Å²) >= 11 is 0. The predicted octanol–water partition coefficient (Wildman–Crippen LogP) is 1.90. The first-order valence-corrected chi connectivity index (χ1v) is 5.93. The Morgan fingerprint density at radius 3 is 2.32 bits per heavy atom. The number of tetrazole rings is 1. The Morgan fingerprint density at radius 2 is 1.79 bits per heavy atom. The second kappa shape index (κ2) is 5.40. The molecule has 0 unspecified atom stereocenters. The average molecular weight is 267 g/mol. The number of aryl methyl sites for hydroxylation is 1. The molecule has 0 saturated carbocycles. The molecule has 1 aromatic carbocycles. The monoisotopic (exact) mass is 267 g/mol. The Kier molecular flexibility index (Phi) is 3.84. The van der Waals surface area contributed by atoms with E-state index in [1.54, 1.807) is 14.0 Å². The quantitative estimate of drug-likeness (QED) is 0.919. The molecule has 0 amide bonds. The van der Waals surface area contributed by atoms with Crippen LogP contribution in [-0.4, -0.2) is 20.2 Å². The second-order valence-electron chi connectivity index (χ2n) is 4.41. The number of nitrogens with zero attached hydrogens (tertiary/aromatic N) is 4. The molecule has 0 saturated heterocycles. The van der Waals surface area contributed by atoms with Crippen LogP contribution < -0.4 is 5.32 Å². The Bertz CT molecular complexity index is 549. The summed E-state index contributed by atoms with van der Waals surface area (Å²) in [6, 6.07) is 3.11. The summed E-state index contributed by atoms with van der Waals surface area (Å²) in [5.74, 6) is -0.532. The maximum Gasteiger partial charge on any atom is 0.167 e. The van der Waals surface area contributed by atoms with Gasteiger partial charge in [0.25, 0.3) is 0 Å². The van der Waals surface area contributed by atoms with Crippen LogP contribution >= 0.6 is 0 Å². The van der Waals surface area contributed by atoms with E-state index in [4.69, 9.17) is 0 Å². The van der Waals surface area contributed by atoms with Crippen molar-refractivity contribution in [1.29, 1.82) is 0 Å². The standard InChI is InChI=1S/C12H15F2N5/c1-7(11-9(13)5-4-6-10(11)14)15-8(2)12-16-17-18-19(12)3/h4-8,15H,1-3H3/t7-,8+/m0/s1. The highest BCUT2D eigenvalue weighted by Gasteiger charge is 2.20. The summed E-state index contributed by atoms with van der Waals surface area (Å²) in [7, 11) is 1.71. The summed E-state index contributed by atoms with van der Waals surface area (Å²) in [5.41, 5.74) is 0.0180. The van der Waals surface area contributed by atoms with Crippen molar-refractivity contribution in [1.82, 2.24) is 25.5 Å². The van der Waals surface area contributed by atoms with Gasteiger partial charge in [0.05, 0.1) is 6.04 Å². The van der Waals surface area contributed by atoms with Crippen molar-refractivity contribution in [3.63, 3.8) is 0 Å². The molecule has 1 heterocycles. The third-order valence-electron chi connectivity index (χ3n) is 2.97. The van der Waals surface area contributed by atoms with Gasteiger partial charge in [0, 0.05) is 18.7 Å². The van der Waals surface area contributed by atoms with E-state index in [-0.39, 0.29) is 11.6 Å². The number of halogens is 2. The van der Waals surface area contributed by atoms with Crippen molar-refractivity contribution in [2.45, 2.75) is 25.9 Å². The number of nitrogens with one attached hydrogen (secondary N) is 1. The van der Waals surface area contributed by atoms with Gasteiger partial charge in [-0.15, -0.1) is 5.10 Å². The fourth-order valence-electron chi connectivity index (χ4n) is 2.06. The van der Waals surface area contributed by atoms with Gasteiger partial charge in [0.15, 0.2) is 5.82 Å². The van der Waals surface area contributed by atoms with E-state index in [2.05, 4.69) is 20.8 Å². The van der Waals surface area contributed by atoms with E-state index in [1.165, 1.54) is 22.9 Å². The lowest BCUT2D eigenvalue weighted by Crippen LogP contribution is -2.26. The Balaban J connectivity index is 2.18. The van der Waals surface area contributed by atoms with Gasteiger partial charge < -0.3 is 5.32 Å². The number of hydrogen-bond donors (Lipinski definition) is 1. The smallest absolute Gasteiger partial charge is 0.167 e. The Labute approximate surface area is 109 Å². The Morgan fingerprint density at radius 1 is 1.16 bits per heavy atom. The van der Waals surface area contributed by atoms with E-state index in [9.17, 15) is 8.78 Å². The topological polar surface area (TPSA) is 55.6 Å². The molecule has 2 aromatic rings. The number of aromatic nitrogens is 4. The first-order chi connectivity index (χ1) is 9.00. The lowest BCUT2D eigenvalue weighted by Gasteiger charge is -2.20. The zero-order valence-corrected chi connectivity index (χ0v) is 10.9. The van der Waals surface area contributed by atoms with Gasteiger partial charge in [-0.2, -0.15) is 0 Å². The van der Waals surface area contributed by atoms with Crippen LogP contribution in [0.1, 0.15) is 37.3 Å². The first-order valence-electron chi connectivity index (χ1n) is 5.93. The second-order valence-corrected chi connectivity index (χ2v) is 4.41. The Hall–Kier alpha value is -1.89. The van der Waals surface area contributed by atoms with Crippen molar-refractivity contribution >= 4 is 0 Å². The van der Waals surface area contributed by atoms with Crippen LogP contribution in [0.4, 0.5) is 8.78 Å². The molecule has 0 spiro atoms. The van der Waals surface area contributed by atoms with Crippen molar-refractivity contribution in [2.75, 3.05) is 0 Å². The first kappa shape index (κ1) is 13.5. The fourth-order valence-corrected chi connectivity index (χ4v) is 2.06. The largest absolute Gasteiger partial charge is 0.301 e. The van der Waals surface area contributed by atoms with E-state index in [0.717, 1.165) is 0 Å². The molecule has 2 atom stereocenters. The lowest BCUT2D eigenvalue weighted by molar-refractivity contribution is 0.430.